The minimum absolute atomic E-state index is 0.146. The quantitative estimate of drug-likeness (QED) is 0.665. The largest absolute Gasteiger partial charge is 0.435 e. The summed E-state index contributed by atoms with van der Waals surface area (Å²) in [6, 6.07) is 0.877. The highest BCUT2D eigenvalue weighted by atomic mass is 19.4. The molecule has 1 atom stereocenters. The molecule has 4 rings (SSSR count). The fraction of sp³-hybridized carbons (Fsp3) is 0.556. The average Bonchev–Trinajstić information content (AvgIpc) is 3.28. The minimum Gasteiger partial charge on any atom is -0.354 e. The van der Waals surface area contributed by atoms with Gasteiger partial charge in [-0.2, -0.15) is 23.4 Å². The van der Waals surface area contributed by atoms with Crippen molar-refractivity contribution >= 4 is 16.9 Å². The first-order valence-electron chi connectivity index (χ1n) is 9.21. The minimum atomic E-state index is -4.43. The zero-order chi connectivity index (χ0) is 20.1. The number of halogens is 3. The monoisotopic (exact) mass is 393 g/mol. The van der Waals surface area contributed by atoms with E-state index < -0.39 is 11.9 Å². The van der Waals surface area contributed by atoms with Crippen LogP contribution in [0.3, 0.4) is 0 Å². The molecule has 1 aliphatic rings. The molecule has 10 heteroatoms. The number of anilines is 1. The zero-order valence-corrected chi connectivity index (χ0v) is 16.0. The highest BCUT2D eigenvalue weighted by Crippen LogP contribution is 2.32. The summed E-state index contributed by atoms with van der Waals surface area (Å²) >= 11 is 0. The Labute approximate surface area is 160 Å². The van der Waals surface area contributed by atoms with Crippen molar-refractivity contribution < 1.29 is 13.2 Å². The van der Waals surface area contributed by atoms with E-state index in [4.69, 9.17) is 0 Å². The van der Waals surface area contributed by atoms with Gasteiger partial charge in [-0.25, -0.2) is 14.6 Å². The van der Waals surface area contributed by atoms with Crippen LogP contribution in [0, 0.1) is 0 Å². The van der Waals surface area contributed by atoms with E-state index in [0.717, 1.165) is 42.3 Å². The fourth-order valence-corrected chi connectivity index (χ4v) is 3.63. The van der Waals surface area contributed by atoms with Gasteiger partial charge in [-0.15, -0.1) is 0 Å². The van der Waals surface area contributed by atoms with Crippen LogP contribution in [-0.2, 0) is 11.7 Å². The normalized spacial score (nSPS) is 18.8. The van der Waals surface area contributed by atoms with E-state index in [-0.39, 0.29) is 11.6 Å². The molecule has 1 aliphatic heterocycles. The Bertz CT molecular complexity index is 983. The maximum atomic E-state index is 12.9. The molecule has 28 heavy (non-hydrogen) atoms. The highest BCUT2D eigenvalue weighted by molar-refractivity contribution is 5.86. The number of piperidine rings is 1. The van der Waals surface area contributed by atoms with Gasteiger partial charge in [-0.1, -0.05) is 0 Å². The van der Waals surface area contributed by atoms with E-state index in [1.54, 1.807) is 6.20 Å². The number of rotatable bonds is 2. The van der Waals surface area contributed by atoms with Crippen molar-refractivity contribution in [3.8, 4) is 0 Å². The lowest BCUT2D eigenvalue weighted by atomic mass is 10.1. The standard InChI is InChI=1S/C18H22F3N7/c1-17(2,3)28-16-13(9-24-28)15(22-11-23-16)26-7-4-5-12(10-26)27-8-6-14(25-27)18(19,20)21/h6,8-9,11-12H,4-5,7,10H2,1-3H3. The second-order valence-electron chi connectivity index (χ2n) is 8.08. The summed E-state index contributed by atoms with van der Waals surface area (Å²) in [5, 5.41) is 9.06. The lowest BCUT2D eigenvalue weighted by Gasteiger charge is -2.33. The van der Waals surface area contributed by atoms with Crippen LogP contribution in [0.1, 0.15) is 45.3 Å². The SMILES string of the molecule is CC(C)(C)n1ncc2c(N3CCCC(n4ccc(C(F)(F)F)n4)C3)ncnc21. The van der Waals surface area contributed by atoms with Gasteiger partial charge in [-0.3, -0.25) is 4.68 Å². The van der Waals surface area contributed by atoms with Crippen LogP contribution in [-0.4, -0.2) is 42.6 Å². The van der Waals surface area contributed by atoms with Crippen molar-refractivity contribution in [2.45, 2.75) is 51.4 Å². The third-order valence-corrected chi connectivity index (χ3v) is 4.95. The van der Waals surface area contributed by atoms with Crippen LogP contribution in [0.15, 0.2) is 24.8 Å². The van der Waals surface area contributed by atoms with Crippen molar-refractivity contribution in [2.75, 3.05) is 18.0 Å². The van der Waals surface area contributed by atoms with Gasteiger partial charge >= 0.3 is 6.18 Å². The van der Waals surface area contributed by atoms with Crippen LogP contribution in [0.4, 0.5) is 19.0 Å². The second kappa shape index (κ2) is 6.46. The van der Waals surface area contributed by atoms with Crippen LogP contribution < -0.4 is 4.90 Å². The molecule has 0 amide bonds. The summed E-state index contributed by atoms with van der Waals surface area (Å²) in [4.78, 5) is 10.9. The van der Waals surface area contributed by atoms with Crippen molar-refractivity contribution in [3.63, 3.8) is 0 Å². The number of nitrogens with zero attached hydrogens (tertiary/aromatic N) is 7. The Morgan fingerprint density at radius 2 is 1.93 bits per heavy atom. The smallest absolute Gasteiger partial charge is 0.354 e. The molecule has 150 valence electrons. The van der Waals surface area contributed by atoms with E-state index in [1.165, 1.54) is 17.2 Å². The first-order chi connectivity index (χ1) is 13.1. The maximum absolute atomic E-state index is 12.9. The Kier molecular flexibility index (Phi) is 4.31. The number of aromatic nitrogens is 6. The number of hydrogen-bond donors (Lipinski definition) is 0. The summed E-state index contributed by atoms with van der Waals surface area (Å²) < 4.78 is 41.9. The van der Waals surface area contributed by atoms with Gasteiger partial charge in [0.15, 0.2) is 11.3 Å². The summed E-state index contributed by atoms with van der Waals surface area (Å²) in [5.74, 6) is 0.758. The van der Waals surface area contributed by atoms with Gasteiger partial charge in [0.05, 0.1) is 23.2 Å². The Balaban J connectivity index is 1.63. The summed E-state index contributed by atoms with van der Waals surface area (Å²) in [7, 11) is 0. The van der Waals surface area contributed by atoms with Crippen molar-refractivity contribution in [3.05, 3.63) is 30.5 Å². The van der Waals surface area contributed by atoms with E-state index in [2.05, 4.69) is 25.1 Å². The Hall–Kier alpha value is -2.65. The Morgan fingerprint density at radius 1 is 1.14 bits per heavy atom. The predicted octanol–water partition coefficient (Wildman–Crippen LogP) is 3.64. The third-order valence-electron chi connectivity index (χ3n) is 4.95. The fourth-order valence-electron chi connectivity index (χ4n) is 3.63. The molecule has 0 radical (unpaired) electrons. The van der Waals surface area contributed by atoms with Gasteiger partial charge < -0.3 is 4.90 Å². The topological polar surface area (TPSA) is 64.7 Å². The molecule has 3 aromatic heterocycles. The van der Waals surface area contributed by atoms with E-state index in [0.29, 0.717) is 6.54 Å². The first kappa shape index (κ1) is 18.7. The third kappa shape index (κ3) is 3.31. The molecular weight excluding hydrogens is 371 g/mol. The second-order valence-corrected chi connectivity index (χ2v) is 8.08. The van der Waals surface area contributed by atoms with E-state index in [1.807, 2.05) is 25.5 Å². The maximum Gasteiger partial charge on any atom is 0.435 e. The van der Waals surface area contributed by atoms with Gasteiger partial charge in [-0.05, 0) is 39.7 Å². The zero-order valence-electron chi connectivity index (χ0n) is 16.0. The summed E-state index contributed by atoms with van der Waals surface area (Å²) in [6.07, 6.45) is 1.86. The van der Waals surface area contributed by atoms with Gasteiger partial charge in [0.1, 0.15) is 12.1 Å². The molecule has 1 saturated heterocycles. The van der Waals surface area contributed by atoms with Gasteiger partial charge in [0.2, 0.25) is 0 Å². The summed E-state index contributed by atoms with van der Waals surface area (Å²) in [6.45, 7) is 7.46. The number of alkyl halides is 3. The van der Waals surface area contributed by atoms with Crippen molar-refractivity contribution in [2.24, 2.45) is 0 Å². The van der Waals surface area contributed by atoms with Crippen LogP contribution in [0.2, 0.25) is 0 Å². The number of hydrogen-bond acceptors (Lipinski definition) is 5. The van der Waals surface area contributed by atoms with Crippen LogP contribution in [0.25, 0.3) is 11.0 Å². The van der Waals surface area contributed by atoms with Gasteiger partial charge in [0, 0.05) is 19.3 Å². The number of fused-ring (bicyclic) bond motifs is 1. The highest BCUT2D eigenvalue weighted by Gasteiger charge is 2.35. The average molecular weight is 393 g/mol. The molecule has 3 aromatic rings. The van der Waals surface area contributed by atoms with Crippen LogP contribution >= 0.6 is 0 Å². The molecule has 1 unspecified atom stereocenters. The molecule has 0 bridgehead atoms. The lowest BCUT2D eigenvalue weighted by molar-refractivity contribution is -0.141. The van der Waals surface area contributed by atoms with Crippen molar-refractivity contribution in [1.29, 1.82) is 0 Å². The van der Waals surface area contributed by atoms with Crippen molar-refractivity contribution in [1.82, 2.24) is 29.5 Å². The molecule has 4 heterocycles. The van der Waals surface area contributed by atoms with E-state index in [9.17, 15) is 13.2 Å². The van der Waals surface area contributed by atoms with Gasteiger partial charge in [0.25, 0.3) is 0 Å². The molecule has 0 aromatic carbocycles. The molecule has 7 nitrogen and oxygen atoms in total. The molecule has 0 N–H and O–H groups in total. The van der Waals surface area contributed by atoms with Crippen LogP contribution in [0.5, 0.6) is 0 Å². The molecule has 0 saturated carbocycles. The first-order valence-corrected chi connectivity index (χ1v) is 9.21. The lowest BCUT2D eigenvalue weighted by Crippen LogP contribution is -2.37. The molecule has 1 fully saturated rings. The molecule has 0 aliphatic carbocycles. The molecule has 0 spiro atoms. The van der Waals surface area contributed by atoms with E-state index >= 15 is 0 Å². The Morgan fingerprint density at radius 3 is 2.61 bits per heavy atom. The summed E-state index contributed by atoms with van der Waals surface area (Å²) in [5.41, 5.74) is -0.334. The molecular formula is C18H22F3N7. The predicted molar refractivity (Wildman–Crippen MR) is 98.0 cm³/mol.